The molecule has 0 saturated carbocycles. The quantitative estimate of drug-likeness (QED) is 0.831. The first-order valence-electron chi connectivity index (χ1n) is 7.82. The van der Waals surface area contributed by atoms with Crippen molar-refractivity contribution >= 4 is 21.6 Å². The van der Waals surface area contributed by atoms with Gasteiger partial charge in [-0.3, -0.25) is 4.79 Å². The Hall–Kier alpha value is -2.36. The monoisotopic (exact) mass is 382 g/mol. The number of hydrogen-bond acceptors (Lipinski definition) is 4. The van der Waals surface area contributed by atoms with Crippen LogP contribution in [0.1, 0.15) is 16.8 Å². The Bertz CT molecular complexity index is 928. The van der Waals surface area contributed by atoms with Gasteiger partial charge in [-0.05, 0) is 36.8 Å². The number of carbonyl (C=O) groups excluding carboxylic acids is 1. The lowest BCUT2D eigenvalue weighted by atomic mass is 10.2. The van der Waals surface area contributed by atoms with Gasteiger partial charge in [0.15, 0.2) is 11.6 Å². The molecule has 0 aromatic heterocycles. The molecule has 1 amide bonds. The van der Waals surface area contributed by atoms with E-state index in [-0.39, 0.29) is 22.2 Å². The molecule has 138 valence electrons. The summed E-state index contributed by atoms with van der Waals surface area (Å²) in [6.07, 6.45) is 0.579. The van der Waals surface area contributed by atoms with Crippen LogP contribution in [-0.2, 0) is 14.8 Å². The number of benzene rings is 2. The van der Waals surface area contributed by atoms with Crippen molar-refractivity contribution in [1.29, 1.82) is 0 Å². The summed E-state index contributed by atoms with van der Waals surface area (Å²) in [7, 11) is -3.80. The van der Waals surface area contributed by atoms with Gasteiger partial charge >= 0.3 is 0 Å². The normalized spacial score (nSPS) is 17.2. The highest BCUT2D eigenvalue weighted by atomic mass is 32.2. The van der Waals surface area contributed by atoms with Crippen molar-refractivity contribution < 1.29 is 26.7 Å². The van der Waals surface area contributed by atoms with Gasteiger partial charge < -0.3 is 10.1 Å². The van der Waals surface area contributed by atoms with Crippen LogP contribution in [0.4, 0.5) is 14.5 Å². The Balaban J connectivity index is 1.77. The number of anilines is 1. The number of nitrogens with one attached hydrogen (secondary N) is 2. The molecule has 2 aromatic rings. The van der Waals surface area contributed by atoms with E-state index in [1.807, 2.05) is 0 Å². The summed E-state index contributed by atoms with van der Waals surface area (Å²) in [6, 6.07) is 8.07. The second-order valence-corrected chi connectivity index (χ2v) is 7.51. The van der Waals surface area contributed by atoms with Crippen molar-refractivity contribution in [2.24, 2.45) is 0 Å². The summed E-state index contributed by atoms with van der Waals surface area (Å²) >= 11 is 0. The van der Waals surface area contributed by atoms with Crippen LogP contribution in [-0.4, -0.2) is 33.6 Å². The van der Waals surface area contributed by atoms with Gasteiger partial charge in [-0.15, -0.1) is 0 Å². The second kappa shape index (κ2) is 7.48. The third kappa shape index (κ3) is 4.24. The largest absolute Gasteiger partial charge is 0.380 e. The topological polar surface area (TPSA) is 84.5 Å². The smallest absolute Gasteiger partial charge is 0.255 e. The molecule has 0 aliphatic carbocycles. The molecule has 0 radical (unpaired) electrons. The maximum Gasteiger partial charge on any atom is 0.255 e. The van der Waals surface area contributed by atoms with Crippen molar-refractivity contribution in [2.75, 3.05) is 18.5 Å². The van der Waals surface area contributed by atoms with Crippen molar-refractivity contribution in [1.82, 2.24) is 4.72 Å². The summed E-state index contributed by atoms with van der Waals surface area (Å²) in [5.41, 5.74) is 0.128. The fraction of sp³-hybridized carbons (Fsp3) is 0.235. The molecule has 1 aliphatic rings. The number of hydrogen-bond donors (Lipinski definition) is 2. The summed E-state index contributed by atoms with van der Waals surface area (Å²) in [4.78, 5) is 12.2. The van der Waals surface area contributed by atoms with Gasteiger partial charge in [-0.2, -0.15) is 0 Å². The van der Waals surface area contributed by atoms with E-state index in [4.69, 9.17) is 4.74 Å². The van der Waals surface area contributed by atoms with E-state index in [0.717, 1.165) is 12.1 Å². The van der Waals surface area contributed by atoms with E-state index in [0.29, 0.717) is 19.6 Å². The van der Waals surface area contributed by atoms with Gasteiger partial charge in [0.2, 0.25) is 10.0 Å². The lowest BCUT2D eigenvalue weighted by Gasteiger charge is -2.12. The standard InChI is InChI=1S/C17H16F2N2O4S/c18-15-5-4-12(9-16(15)19)20-17(22)11-2-1-3-14(8-11)26(23,24)21-13-6-7-25-10-13/h1-5,8-9,13,21H,6-7,10H2,(H,20,22)/t13-/m1/s1. The zero-order valence-electron chi connectivity index (χ0n) is 13.5. The molecule has 0 spiro atoms. The number of ether oxygens (including phenoxy) is 1. The Morgan fingerprint density at radius 1 is 1.12 bits per heavy atom. The van der Waals surface area contributed by atoms with Crippen LogP contribution < -0.4 is 10.0 Å². The van der Waals surface area contributed by atoms with Crippen LogP contribution in [0.2, 0.25) is 0 Å². The molecular weight excluding hydrogens is 366 g/mol. The molecule has 0 bridgehead atoms. The van der Waals surface area contributed by atoms with E-state index >= 15 is 0 Å². The average Bonchev–Trinajstić information content (AvgIpc) is 3.10. The Kier molecular flexibility index (Phi) is 5.30. The molecule has 0 unspecified atom stereocenters. The third-order valence-electron chi connectivity index (χ3n) is 3.84. The van der Waals surface area contributed by atoms with E-state index in [1.165, 1.54) is 30.3 Å². The minimum Gasteiger partial charge on any atom is -0.380 e. The fourth-order valence-electron chi connectivity index (χ4n) is 2.50. The van der Waals surface area contributed by atoms with Gasteiger partial charge in [0.05, 0.1) is 11.5 Å². The molecule has 1 saturated heterocycles. The minimum atomic E-state index is -3.80. The molecule has 1 aliphatic heterocycles. The van der Waals surface area contributed by atoms with Gasteiger partial charge in [-0.25, -0.2) is 21.9 Å². The number of sulfonamides is 1. The van der Waals surface area contributed by atoms with Crippen molar-refractivity contribution in [3.63, 3.8) is 0 Å². The van der Waals surface area contributed by atoms with Gasteiger partial charge in [-0.1, -0.05) is 6.07 Å². The molecular formula is C17H16F2N2O4S. The van der Waals surface area contributed by atoms with Crippen LogP contribution in [0.15, 0.2) is 47.4 Å². The van der Waals surface area contributed by atoms with Gasteiger partial charge in [0.25, 0.3) is 5.91 Å². The molecule has 2 N–H and O–H groups in total. The predicted octanol–water partition coefficient (Wildman–Crippen LogP) is 2.28. The van der Waals surface area contributed by atoms with Gasteiger partial charge in [0.1, 0.15) is 0 Å². The van der Waals surface area contributed by atoms with Crippen LogP contribution in [0.25, 0.3) is 0 Å². The number of halogens is 2. The van der Waals surface area contributed by atoms with Crippen LogP contribution in [0, 0.1) is 11.6 Å². The lowest BCUT2D eigenvalue weighted by molar-refractivity contribution is 0.102. The third-order valence-corrected chi connectivity index (χ3v) is 5.35. The summed E-state index contributed by atoms with van der Waals surface area (Å²) in [5, 5.41) is 2.40. The minimum absolute atomic E-state index is 0.0587. The summed E-state index contributed by atoms with van der Waals surface area (Å²) in [6.45, 7) is 0.791. The predicted molar refractivity (Wildman–Crippen MR) is 90.3 cm³/mol. The number of amides is 1. The van der Waals surface area contributed by atoms with Crippen LogP contribution in [0.3, 0.4) is 0 Å². The van der Waals surface area contributed by atoms with Crippen LogP contribution in [0.5, 0.6) is 0 Å². The Labute approximate surface area is 149 Å². The van der Waals surface area contributed by atoms with E-state index in [1.54, 1.807) is 0 Å². The van der Waals surface area contributed by atoms with Crippen LogP contribution >= 0.6 is 0 Å². The molecule has 1 atom stereocenters. The maximum atomic E-state index is 13.2. The fourth-order valence-corrected chi connectivity index (χ4v) is 3.80. The van der Waals surface area contributed by atoms with Gasteiger partial charge in [0, 0.05) is 30.0 Å². The molecule has 2 aromatic carbocycles. The molecule has 1 heterocycles. The molecule has 3 rings (SSSR count). The highest BCUT2D eigenvalue weighted by Gasteiger charge is 2.24. The molecule has 6 nitrogen and oxygen atoms in total. The first kappa shape index (κ1) is 18.4. The highest BCUT2D eigenvalue weighted by molar-refractivity contribution is 7.89. The number of rotatable bonds is 5. The maximum absolute atomic E-state index is 13.2. The average molecular weight is 382 g/mol. The van der Waals surface area contributed by atoms with E-state index in [2.05, 4.69) is 10.0 Å². The SMILES string of the molecule is O=C(Nc1ccc(F)c(F)c1)c1cccc(S(=O)(=O)N[C@@H]2CCOC2)c1. The molecule has 26 heavy (non-hydrogen) atoms. The van der Waals surface area contributed by atoms with Crippen molar-refractivity contribution in [3.8, 4) is 0 Å². The zero-order chi connectivity index (χ0) is 18.7. The Morgan fingerprint density at radius 2 is 1.92 bits per heavy atom. The molecule has 9 heteroatoms. The van der Waals surface area contributed by atoms with E-state index in [9.17, 15) is 22.0 Å². The lowest BCUT2D eigenvalue weighted by Crippen LogP contribution is -2.35. The highest BCUT2D eigenvalue weighted by Crippen LogP contribution is 2.17. The zero-order valence-corrected chi connectivity index (χ0v) is 14.4. The number of carbonyl (C=O) groups is 1. The molecule has 1 fully saturated rings. The second-order valence-electron chi connectivity index (χ2n) is 5.79. The van der Waals surface area contributed by atoms with E-state index < -0.39 is 27.6 Å². The Morgan fingerprint density at radius 3 is 2.62 bits per heavy atom. The first-order valence-corrected chi connectivity index (χ1v) is 9.30. The summed E-state index contributed by atoms with van der Waals surface area (Å²) < 4.78 is 58.7. The summed E-state index contributed by atoms with van der Waals surface area (Å²) in [5.74, 6) is -2.77. The van der Waals surface area contributed by atoms with Crippen molar-refractivity contribution in [2.45, 2.75) is 17.4 Å². The first-order chi connectivity index (χ1) is 12.3. The van der Waals surface area contributed by atoms with Crippen molar-refractivity contribution in [3.05, 3.63) is 59.7 Å².